The Hall–Kier alpha value is -3.14. The van der Waals surface area contributed by atoms with E-state index in [0.29, 0.717) is 5.69 Å². The molecule has 0 aliphatic carbocycles. The van der Waals surface area contributed by atoms with Gasteiger partial charge in [0.25, 0.3) is 5.91 Å². The highest BCUT2D eigenvalue weighted by Gasteiger charge is 2.34. The monoisotopic (exact) mass is 343 g/mol. The number of hydrogen-bond acceptors (Lipinski definition) is 3. The molecule has 0 saturated carbocycles. The first-order valence-corrected chi connectivity index (χ1v) is 8.89. The van der Waals surface area contributed by atoms with Crippen LogP contribution in [0.25, 0.3) is 0 Å². The second-order valence-corrected chi connectivity index (χ2v) is 6.60. The van der Waals surface area contributed by atoms with Gasteiger partial charge in [0.2, 0.25) is 0 Å². The summed E-state index contributed by atoms with van der Waals surface area (Å²) in [7, 11) is 0. The lowest BCUT2D eigenvalue weighted by Crippen LogP contribution is -2.44. The van der Waals surface area contributed by atoms with E-state index in [9.17, 15) is 4.79 Å². The summed E-state index contributed by atoms with van der Waals surface area (Å²) in [6.45, 7) is 2.09. The summed E-state index contributed by atoms with van der Waals surface area (Å²) in [5, 5.41) is 3.61. The number of nitrogens with zero attached hydrogens (tertiary/aromatic N) is 2. The Balaban J connectivity index is 1.69. The molecule has 1 amide bonds. The number of rotatable bonds is 3. The Morgan fingerprint density at radius 3 is 2.50 bits per heavy atom. The summed E-state index contributed by atoms with van der Waals surface area (Å²) in [6, 6.07) is 24.0. The third kappa shape index (κ3) is 3.06. The summed E-state index contributed by atoms with van der Waals surface area (Å²) in [4.78, 5) is 19.2. The summed E-state index contributed by atoms with van der Waals surface area (Å²) in [5.41, 5.74) is 3.65. The maximum Gasteiger partial charge on any atom is 0.277 e. The minimum Gasteiger partial charge on any atom is -0.378 e. The molecule has 130 valence electrons. The first-order chi connectivity index (χ1) is 12.7. The minimum absolute atomic E-state index is 0.0521. The lowest BCUT2D eigenvalue weighted by Gasteiger charge is -2.39. The molecule has 0 spiro atoms. The third-order valence-electron chi connectivity index (χ3n) is 4.81. The highest BCUT2D eigenvalue weighted by molar-refractivity contribution is 6.06. The third-order valence-corrected chi connectivity index (χ3v) is 4.81. The number of hydrogen-bond donors (Lipinski definition) is 1. The number of pyridine rings is 1. The van der Waals surface area contributed by atoms with E-state index in [2.05, 4.69) is 35.4 Å². The molecule has 26 heavy (non-hydrogen) atoms. The lowest BCUT2D eigenvalue weighted by molar-refractivity contribution is 0.0969. The van der Waals surface area contributed by atoms with Crippen LogP contribution in [0.3, 0.4) is 0 Å². The second kappa shape index (κ2) is 7.00. The van der Waals surface area contributed by atoms with Crippen LogP contribution in [-0.2, 0) is 0 Å². The molecule has 0 radical (unpaired) electrons. The number of nitrogens with one attached hydrogen (secondary N) is 1. The molecule has 4 heteroatoms. The van der Waals surface area contributed by atoms with Gasteiger partial charge in [-0.05, 0) is 49.2 Å². The predicted octanol–water partition coefficient (Wildman–Crippen LogP) is 4.67. The molecular weight excluding hydrogens is 322 g/mol. The van der Waals surface area contributed by atoms with Gasteiger partial charge in [-0.2, -0.15) is 0 Å². The molecule has 0 fully saturated rings. The number of fused-ring (bicyclic) bond motifs is 1. The molecule has 4 nitrogen and oxygen atoms in total. The zero-order valence-corrected chi connectivity index (χ0v) is 14.7. The van der Waals surface area contributed by atoms with Crippen LogP contribution in [0.15, 0.2) is 79.0 Å². The predicted molar refractivity (Wildman–Crippen MR) is 104 cm³/mol. The van der Waals surface area contributed by atoms with Crippen molar-refractivity contribution >= 4 is 17.3 Å². The first-order valence-electron chi connectivity index (χ1n) is 8.89. The van der Waals surface area contributed by atoms with Crippen molar-refractivity contribution in [2.75, 3.05) is 10.2 Å². The summed E-state index contributed by atoms with van der Waals surface area (Å²) < 4.78 is 0. The van der Waals surface area contributed by atoms with Gasteiger partial charge in [0.1, 0.15) is 5.69 Å². The second-order valence-electron chi connectivity index (χ2n) is 6.60. The van der Waals surface area contributed by atoms with Crippen LogP contribution in [0.4, 0.5) is 11.4 Å². The lowest BCUT2D eigenvalue weighted by atomic mass is 9.91. The van der Waals surface area contributed by atoms with Crippen LogP contribution < -0.4 is 10.2 Å². The Labute approximate surface area is 153 Å². The zero-order valence-electron chi connectivity index (χ0n) is 14.7. The quantitative estimate of drug-likeness (QED) is 0.751. The van der Waals surface area contributed by atoms with Crippen molar-refractivity contribution in [2.24, 2.45) is 0 Å². The molecule has 2 aromatic carbocycles. The Bertz CT molecular complexity index is 896. The fourth-order valence-corrected chi connectivity index (χ4v) is 3.61. The largest absolute Gasteiger partial charge is 0.378 e. The average molecular weight is 343 g/mol. The van der Waals surface area contributed by atoms with Gasteiger partial charge in [0.15, 0.2) is 0 Å². The Kier molecular flexibility index (Phi) is 4.40. The normalized spacial score (nSPS) is 18.9. The molecule has 1 aromatic heterocycles. The van der Waals surface area contributed by atoms with Crippen molar-refractivity contribution in [2.45, 2.75) is 25.4 Å². The van der Waals surface area contributed by atoms with Gasteiger partial charge in [0, 0.05) is 23.6 Å². The van der Waals surface area contributed by atoms with E-state index in [1.165, 1.54) is 0 Å². The highest BCUT2D eigenvalue weighted by Crippen LogP contribution is 2.39. The maximum absolute atomic E-state index is 13.1. The molecule has 1 N–H and O–H groups in total. The highest BCUT2D eigenvalue weighted by atomic mass is 16.2. The van der Waals surface area contributed by atoms with E-state index in [-0.39, 0.29) is 18.0 Å². The van der Waals surface area contributed by atoms with Crippen LogP contribution in [-0.4, -0.2) is 16.9 Å². The van der Waals surface area contributed by atoms with Crippen LogP contribution in [0.1, 0.15) is 35.4 Å². The summed E-state index contributed by atoms with van der Waals surface area (Å²) in [5.74, 6) is -0.0521. The van der Waals surface area contributed by atoms with Crippen LogP contribution in [0.2, 0.25) is 0 Å². The maximum atomic E-state index is 13.1. The standard InChI is InChI=1S/C22H21N3O/c1-16-15-20(24-17-9-3-2-4-10-17)18-11-5-6-13-21(18)25(16)22(26)19-12-7-8-14-23-19/h2-14,16,20,24H,15H2,1H3/t16-,20+/m0/s1. The fraction of sp³-hybridized carbons (Fsp3) is 0.182. The minimum atomic E-state index is -0.0521. The number of carbonyl (C=O) groups excluding carboxylic acids is 1. The Morgan fingerprint density at radius 2 is 1.73 bits per heavy atom. The number of aromatic nitrogens is 1. The van der Waals surface area contributed by atoms with Gasteiger partial charge < -0.3 is 10.2 Å². The fourth-order valence-electron chi connectivity index (χ4n) is 3.61. The summed E-state index contributed by atoms with van der Waals surface area (Å²) >= 11 is 0. The van der Waals surface area contributed by atoms with Crippen molar-refractivity contribution in [1.29, 1.82) is 0 Å². The van der Waals surface area contributed by atoms with E-state index in [1.807, 2.05) is 53.4 Å². The van der Waals surface area contributed by atoms with Gasteiger partial charge in [0.05, 0.1) is 6.04 Å². The first kappa shape index (κ1) is 16.3. The molecule has 2 heterocycles. The van der Waals surface area contributed by atoms with Crippen molar-refractivity contribution < 1.29 is 4.79 Å². The van der Waals surface area contributed by atoms with E-state index >= 15 is 0 Å². The SMILES string of the molecule is C[C@H]1C[C@@H](Nc2ccccc2)c2ccccc2N1C(=O)c1ccccn1. The van der Waals surface area contributed by atoms with Crippen molar-refractivity contribution in [3.8, 4) is 0 Å². The molecule has 3 aromatic rings. The van der Waals surface area contributed by atoms with Crippen LogP contribution in [0.5, 0.6) is 0 Å². The van der Waals surface area contributed by atoms with E-state index in [1.54, 1.807) is 12.3 Å². The molecule has 1 aliphatic rings. The van der Waals surface area contributed by atoms with Crippen LogP contribution >= 0.6 is 0 Å². The average Bonchev–Trinajstić information content (AvgIpc) is 2.69. The molecule has 0 unspecified atom stereocenters. The van der Waals surface area contributed by atoms with Gasteiger partial charge in [-0.25, -0.2) is 0 Å². The molecule has 0 bridgehead atoms. The van der Waals surface area contributed by atoms with Crippen molar-refractivity contribution in [3.05, 3.63) is 90.3 Å². The number of benzene rings is 2. The number of amides is 1. The number of carbonyl (C=O) groups is 1. The summed E-state index contributed by atoms with van der Waals surface area (Å²) in [6.07, 6.45) is 2.50. The molecule has 0 saturated heterocycles. The van der Waals surface area contributed by atoms with Gasteiger partial charge in [-0.1, -0.05) is 42.5 Å². The van der Waals surface area contributed by atoms with Gasteiger partial charge >= 0.3 is 0 Å². The van der Waals surface area contributed by atoms with E-state index in [4.69, 9.17) is 0 Å². The van der Waals surface area contributed by atoms with Gasteiger partial charge in [-0.3, -0.25) is 9.78 Å². The topological polar surface area (TPSA) is 45.2 Å². The molecule has 4 rings (SSSR count). The number of para-hydroxylation sites is 2. The zero-order chi connectivity index (χ0) is 17.9. The number of anilines is 2. The Morgan fingerprint density at radius 1 is 1.00 bits per heavy atom. The van der Waals surface area contributed by atoms with Gasteiger partial charge in [-0.15, -0.1) is 0 Å². The van der Waals surface area contributed by atoms with E-state index < -0.39 is 0 Å². The van der Waals surface area contributed by atoms with Crippen molar-refractivity contribution in [3.63, 3.8) is 0 Å². The molecule has 1 aliphatic heterocycles. The smallest absolute Gasteiger partial charge is 0.277 e. The molecule has 2 atom stereocenters. The van der Waals surface area contributed by atoms with Crippen LogP contribution in [0, 0.1) is 0 Å². The van der Waals surface area contributed by atoms with E-state index in [0.717, 1.165) is 23.4 Å². The van der Waals surface area contributed by atoms with Crippen molar-refractivity contribution in [1.82, 2.24) is 4.98 Å². The molecular formula is C22H21N3O.